The lowest BCUT2D eigenvalue weighted by molar-refractivity contribution is -0.113. The van der Waals surface area contributed by atoms with Crippen LogP contribution in [0, 0.1) is 0 Å². The first-order valence-corrected chi connectivity index (χ1v) is 9.16. The zero-order chi connectivity index (χ0) is 18.4. The zero-order valence-corrected chi connectivity index (χ0v) is 15.4. The molecule has 2 aromatic carbocycles. The van der Waals surface area contributed by atoms with E-state index in [2.05, 4.69) is 22.4 Å². The number of hydrogen-bond acceptors (Lipinski definition) is 6. The van der Waals surface area contributed by atoms with E-state index >= 15 is 0 Å². The summed E-state index contributed by atoms with van der Waals surface area (Å²) in [5, 5.41) is 7.18. The first-order chi connectivity index (χ1) is 12.7. The molecule has 26 heavy (non-hydrogen) atoms. The molecule has 0 saturated heterocycles. The maximum absolute atomic E-state index is 12.1. The summed E-state index contributed by atoms with van der Waals surface area (Å²) in [6.07, 6.45) is 0.971. The molecule has 1 heterocycles. The molecule has 3 rings (SSSR count). The van der Waals surface area contributed by atoms with Crippen LogP contribution in [-0.4, -0.2) is 28.9 Å². The van der Waals surface area contributed by atoms with Gasteiger partial charge in [0.2, 0.25) is 11.1 Å². The van der Waals surface area contributed by atoms with Gasteiger partial charge in [0.25, 0.3) is 5.89 Å². The van der Waals surface area contributed by atoms with Crippen LogP contribution in [0.2, 0.25) is 0 Å². The monoisotopic (exact) mass is 369 g/mol. The highest BCUT2D eigenvalue weighted by Gasteiger charge is 2.11. The normalized spacial score (nSPS) is 10.5. The van der Waals surface area contributed by atoms with Crippen LogP contribution in [0.3, 0.4) is 0 Å². The standard InChI is InChI=1S/C19H19N3O3S/c1-3-13-4-8-15(9-5-13)20-17(23)12-26-19-21-18(25-22-19)14-6-10-16(24-2)11-7-14/h4-11H,3,12H2,1-2H3,(H,20,23). The number of amides is 1. The number of aryl methyl sites for hydroxylation is 1. The summed E-state index contributed by atoms with van der Waals surface area (Å²) in [4.78, 5) is 16.4. The number of ether oxygens (including phenoxy) is 1. The summed E-state index contributed by atoms with van der Waals surface area (Å²) >= 11 is 1.23. The van der Waals surface area contributed by atoms with Crippen molar-refractivity contribution in [2.75, 3.05) is 18.2 Å². The second-order valence-corrected chi connectivity index (χ2v) is 6.44. The molecule has 0 atom stereocenters. The Hall–Kier alpha value is -2.80. The third-order valence-corrected chi connectivity index (χ3v) is 4.55. The van der Waals surface area contributed by atoms with E-state index < -0.39 is 0 Å². The first-order valence-electron chi connectivity index (χ1n) is 8.17. The van der Waals surface area contributed by atoms with E-state index in [0.717, 1.165) is 23.4 Å². The predicted octanol–water partition coefficient (Wildman–Crippen LogP) is 4.04. The molecule has 0 saturated carbocycles. The summed E-state index contributed by atoms with van der Waals surface area (Å²) in [7, 11) is 1.61. The second-order valence-electron chi connectivity index (χ2n) is 5.50. The van der Waals surface area contributed by atoms with Crippen molar-refractivity contribution in [1.29, 1.82) is 0 Å². The molecule has 0 bridgehead atoms. The Morgan fingerprint density at radius 2 is 1.88 bits per heavy atom. The van der Waals surface area contributed by atoms with Crippen molar-refractivity contribution in [2.45, 2.75) is 18.5 Å². The zero-order valence-electron chi connectivity index (χ0n) is 14.6. The van der Waals surface area contributed by atoms with E-state index in [1.165, 1.54) is 17.3 Å². The van der Waals surface area contributed by atoms with Gasteiger partial charge in [-0.15, -0.1) is 0 Å². The van der Waals surface area contributed by atoms with E-state index in [4.69, 9.17) is 9.26 Å². The number of nitrogens with zero attached hydrogens (tertiary/aromatic N) is 2. The average Bonchev–Trinajstić information content (AvgIpc) is 3.16. The SMILES string of the molecule is CCc1ccc(NC(=O)CSc2noc(-c3ccc(OC)cc3)n2)cc1. The van der Waals surface area contributed by atoms with Gasteiger partial charge in [-0.25, -0.2) is 0 Å². The predicted molar refractivity (Wildman–Crippen MR) is 101 cm³/mol. The maximum atomic E-state index is 12.1. The van der Waals surface area contributed by atoms with Crippen LogP contribution in [0.1, 0.15) is 12.5 Å². The van der Waals surface area contributed by atoms with Gasteiger partial charge in [-0.3, -0.25) is 4.79 Å². The third-order valence-electron chi connectivity index (χ3n) is 3.72. The van der Waals surface area contributed by atoms with Crippen LogP contribution in [-0.2, 0) is 11.2 Å². The Morgan fingerprint density at radius 1 is 1.15 bits per heavy atom. The highest BCUT2D eigenvalue weighted by Crippen LogP contribution is 2.23. The molecule has 7 heteroatoms. The smallest absolute Gasteiger partial charge is 0.258 e. The fourth-order valence-electron chi connectivity index (χ4n) is 2.27. The molecule has 1 amide bonds. The quantitative estimate of drug-likeness (QED) is 0.634. The molecular weight excluding hydrogens is 350 g/mol. The summed E-state index contributed by atoms with van der Waals surface area (Å²) in [5.41, 5.74) is 2.81. The van der Waals surface area contributed by atoms with Crippen LogP contribution in [0.15, 0.2) is 58.2 Å². The Bertz CT molecular complexity index is 860. The highest BCUT2D eigenvalue weighted by atomic mass is 32.2. The topological polar surface area (TPSA) is 77.2 Å². The van der Waals surface area contributed by atoms with Crippen LogP contribution < -0.4 is 10.1 Å². The van der Waals surface area contributed by atoms with Gasteiger partial charge >= 0.3 is 0 Å². The summed E-state index contributed by atoms with van der Waals surface area (Å²) in [6, 6.07) is 15.1. The fourth-order valence-corrected chi connectivity index (χ4v) is 2.84. The van der Waals surface area contributed by atoms with Crippen molar-refractivity contribution in [1.82, 2.24) is 10.1 Å². The average molecular weight is 369 g/mol. The number of aromatic nitrogens is 2. The molecule has 0 unspecified atom stereocenters. The van der Waals surface area contributed by atoms with Crippen LogP contribution >= 0.6 is 11.8 Å². The van der Waals surface area contributed by atoms with Gasteiger partial charge in [0.1, 0.15) is 5.75 Å². The molecule has 1 N–H and O–H groups in total. The number of carbonyl (C=O) groups is 1. The molecule has 0 radical (unpaired) electrons. The minimum atomic E-state index is -0.116. The lowest BCUT2D eigenvalue weighted by Crippen LogP contribution is -2.14. The van der Waals surface area contributed by atoms with Gasteiger partial charge in [0.15, 0.2) is 0 Å². The number of carbonyl (C=O) groups excluding carboxylic acids is 1. The van der Waals surface area contributed by atoms with Crippen molar-refractivity contribution in [3.05, 3.63) is 54.1 Å². The van der Waals surface area contributed by atoms with E-state index in [9.17, 15) is 4.79 Å². The number of methoxy groups -OCH3 is 1. The molecule has 134 valence electrons. The van der Waals surface area contributed by atoms with Gasteiger partial charge in [-0.05, 0) is 53.5 Å². The van der Waals surface area contributed by atoms with E-state index in [1.807, 2.05) is 48.5 Å². The maximum Gasteiger partial charge on any atom is 0.258 e. The van der Waals surface area contributed by atoms with Gasteiger partial charge in [0, 0.05) is 11.3 Å². The second kappa shape index (κ2) is 8.53. The number of nitrogens with one attached hydrogen (secondary N) is 1. The van der Waals surface area contributed by atoms with Gasteiger partial charge in [0.05, 0.1) is 12.9 Å². The highest BCUT2D eigenvalue weighted by molar-refractivity contribution is 7.99. The Kier molecular flexibility index (Phi) is 5.91. The molecule has 0 aliphatic heterocycles. The van der Waals surface area contributed by atoms with E-state index in [-0.39, 0.29) is 11.7 Å². The van der Waals surface area contributed by atoms with Crippen molar-refractivity contribution >= 4 is 23.4 Å². The lowest BCUT2D eigenvalue weighted by Gasteiger charge is -2.04. The Labute approximate surface area is 156 Å². The lowest BCUT2D eigenvalue weighted by atomic mass is 10.1. The largest absolute Gasteiger partial charge is 0.497 e. The molecular formula is C19H19N3O3S. The molecule has 0 fully saturated rings. The molecule has 6 nitrogen and oxygen atoms in total. The molecule has 0 spiro atoms. The summed E-state index contributed by atoms with van der Waals surface area (Å²) < 4.78 is 10.4. The van der Waals surface area contributed by atoms with Crippen molar-refractivity contribution in [2.24, 2.45) is 0 Å². The Morgan fingerprint density at radius 3 is 2.54 bits per heavy atom. The molecule has 0 aliphatic rings. The first kappa shape index (κ1) is 18.0. The number of anilines is 1. The van der Waals surface area contributed by atoms with Crippen molar-refractivity contribution in [3.63, 3.8) is 0 Å². The molecule has 3 aromatic rings. The van der Waals surface area contributed by atoms with Crippen LogP contribution in [0.4, 0.5) is 5.69 Å². The minimum absolute atomic E-state index is 0.116. The number of benzene rings is 2. The van der Waals surface area contributed by atoms with E-state index in [0.29, 0.717) is 11.0 Å². The third kappa shape index (κ3) is 4.64. The Balaban J connectivity index is 1.54. The minimum Gasteiger partial charge on any atom is -0.497 e. The number of hydrogen-bond donors (Lipinski definition) is 1. The van der Waals surface area contributed by atoms with E-state index in [1.54, 1.807) is 7.11 Å². The summed E-state index contributed by atoms with van der Waals surface area (Å²) in [5.74, 6) is 1.25. The number of rotatable bonds is 7. The van der Waals surface area contributed by atoms with Crippen LogP contribution in [0.25, 0.3) is 11.5 Å². The van der Waals surface area contributed by atoms with Crippen molar-refractivity contribution < 1.29 is 14.1 Å². The van der Waals surface area contributed by atoms with Gasteiger partial charge in [-0.1, -0.05) is 30.8 Å². The fraction of sp³-hybridized carbons (Fsp3) is 0.211. The number of thioether (sulfide) groups is 1. The van der Waals surface area contributed by atoms with Gasteiger partial charge in [-0.2, -0.15) is 4.98 Å². The van der Waals surface area contributed by atoms with Crippen LogP contribution in [0.5, 0.6) is 5.75 Å². The molecule has 1 aromatic heterocycles. The summed E-state index contributed by atoms with van der Waals surface area (Å²) in [6.45, 7) is 2.09. The van der Waals surface area contributed by atoms with Crippen molar-refractivity contribution in [3.8, 4) is 17.2 Å². The molecule has 0 aliphatic carbocycles. The van der Waals surface area contributed by atoms with Gasteiger partial charge < -0.3 is 14.6 Å².